The lowest BCUT2D eigenvalue weighted by Gasteiger charge is -2.10. The molecule has 19 heavy (non-hydrogen) atoms. The quantitative estimate of drug-likeness (QED) is 0.705. The molecule has 3 nitrogen and oxygen atoms in total. The summed E-state index contributed by atoms with van der Waals surface area (Å²) in [5, 5.41) is 3.98. The molecule has 1 aromatic carbocycles. The van der Waals surface area contributed by atoms with E-state index in [1.54, 1.807) is 0 Å². The summed E-state index contributed by atoms with van der Waals surface area (Å²) >= 11 is 6.05. The molecule has 0 heterocycles. The van der Waals surface area contributed by atoms with Crippen LogP contribution in [0.15, 0.2) is 18.2 Å². The van der Waals surface area contributed by atoms with Crippen LogP contribution in [0.2, 0.25) is 5.02 Å². The van der Waals surface area contributed by atoms with E-state index in [9.17, 15) is 0 Å². The monoisotopic (exact) mass is 285 g/mol. The van der Waals surface area contributed by atoms with Gasteiger partial charge in [0.05, 0.1) is 11.1 Å². The van der Waals surface area contributed by atoms with Crippen LogP contribution in [0, 0.1) is 6.92 Å². The van der Waals surface area contributed by atoms with E-state index in [2.05, 4.69) is 5.32 Å². The summed E-state index contributed by atoms with van der Waals surface area (Å²) < 4.78 is 11.1. The molecule has 0 fully saturated rings. The molecule has 1 N–H and O–H groups in total. The summed E-state index contributed by atoms with van der Waals surface area (Å²) in [5.74, 6) is 0.756. The molecule has 0 aliphatic heterocycles. The lowest BCUT2D eigenvalue weighted by molar-refractivity contribution is 0.0770. The van der Waals surface area contributed by atoms with E-state index in [0.29, 0.717) is 17.7 Å². The van der Waals surface area contributed by atoms with Crippen molar-refractivity contribution in [3.63, 3.8) is 0 Å². The normalized spacial score (nSPS) is 11.0. The van der Waals surface area contributed by atoms with Crippen LogP contribution in [0.4, 0.5) is 0 Å². The molecule has 1 aromatic rings. The highest BCUT2D eigenvalue weighted by Gasteiger charge is 2.01. The van der Waals surface area contributed by atoms with Crippen molar-refractivity contribution >= 4 is 11.6 Å². The molecule has 0 amide bonds. The summed E-state index contributed by atoms with van der Waals surface area (Å²) in [7, 11) is 0. The zero-order valence-electron chi connectivity index (χ0n) is 12.0. The molecule has 0 aliphatic carbocycles. The number of nitrogens with one attached hydrogen (secondary N) is 1. The van der Waals surface area contributed by atoms with E-state index in [4.69, 9.17) is 21.1 Å². The SMILES string of the molecule is Cc1ccc(Cl)c(OCCNCCCOC(C)C)c1. The summed E-state index contributed by atoms with van der Waals surface area (Å²) in [6.07, 6.45) is 1.33. The minimum Gasteiger partial charge on any atom is -0.491 e. The Morgan fingerprint density at radius 1 is 1.21 bits per heavy atom. The second-order valence-electron chi connectivity index (χ2n) is 4.81. The minimum absolute atomic E-state index is 0.312. The van der Waals surface area contributed by atoms with Crippen molar-refractivity contribution in [2.24, 2.45) is 0 Å². The molecule has 0 radical (unpaired) electrons. The number of hydrogen-bond acceptors (Lipinski definition) is 3. The van der Waals surface area contributed by atoms with Gasteiger partial charge in [0.2, 0.25) is 0 Å². The molecule has 0 bridgehead atoms. The summed E-state index contributed by atoms with van der Waals surface area (Å²) in [6, 6.07) is 5.80. The average Bonchev–Trinajstić information content (AvgIpc) is 2.36. The molecule has 0 saturated heterocycles. The lowest BCUT2D eigenvalue weighted by atomic mass is 10.2. The van der Waals surface area contributed by atoms with E-state index in [-0.39, 0.29) is 0 Å². The number of benzene rings is 1. The topological polar surface area (TPSA) is 30.5 Å². The van der Waals surface area contributed by atoms with Gasteiger partial charge in [-0.1, -0.05) is 17.7 Å². The highest BCUT2D eigenvalue weighted by Crippen LogP contribution is 2.24. The molecule has 108 valence electrons. The fourth-order valence-corrected chi connectivity index (χ4v) is 1.77. The molecule has 4 heteroatoms. The van der Waals surface area contributed by atoms with Crippen LogP contribution in [0.1, 0.15) is 25.8 Å². The predicted octanol–water partition coefficient (Wildman–Crippen LogP) is 3.43. The molecule has 0 spiro atoms. The van der Waals surface area contributed by atoms with Crippen LogP contribution in [0.25, 0.3) is 0 Å². The van der Waals surface area contributed by atoms with Gasteiger partial charge in [-0.2, -0.15) is 0 Å². The van der Waals surface area contributed by atoms with Gasteiger partial charge in [-0.15, -0.1) is 0 Å². The molecule has 0 aromatic heterocycles. The van der Waals surface area contributed by atoms with Gasteiger partial charge in [-0.25, -0.2) is 0 Å². The van der Waals surface area contributed by atoms with E-state index in [1.807, 2.05) is 39.0 Å². The van der Waals surface area contributed by atoms with Crippen molar-refractivity contribution in [1.82, 2.24) is 5.32 Å². The van der Waals surface area contributed by atoms with Gasteiger partial charge in [-0.05, 0) is 51.4 Å². The number of ether oxygens (including phenoxy) is 2. The van der Waals surface area contributed by atoms with Gasteiger partial charge in [0.15, 0.2) is 0 Å². The molecular weight excluding hydrogens is 262 g/mol. The number of hydrogen-bond donors (Lipinski definition) is 1. The maximum atomic E-state index is 6.05. The third-order valence-electron chi connectivity index (χ3n) is 2.57. The van der Waals surface area contributed by atoms with Crippen LogP contribution >= 0.6 is 11.6 Å². The van der Waals surface area contributed by atoms with Crippen LogP contribution in [-0.2, 0) is 4.74 Å². The second kappa shape index (κ2) is 9.18. The molecule has 1 rings (SSSR count). The first-order chi connectivity index (χ1) is 9.09. The summed E-state index contributed by atoms with van der Waals surface area (Å²) in [4.78, 5) is 0. The Balaban J connectivity index is 2.06. The lowest BCUT2D eigenvalue weighted by Crippen LogP contribution is -2.23. The maximum absolute atomic E-state index is 6.05. The fourth-order valence-electron chi connectivity index (χ4n) is 1.60. The van der Waals surface area contributed by atoms with Gasteiger partial charge >= 0.3 is 0 Å². The molecular formula is C15H24ClNO2. The Kier molecular flexibility index (Phi) is 7.87. The average molecular weight is 286 g/mol. The Morgan fingerprint density at radius 2 is 2.00 bits per heavy atom. The van der Waals surface area contributed by atoms with Crippen LogP contribution < -0.4 is 10.1 Å². The molecule has 0 aliphatic rings. The third kappa shape index (κ3) is 7.41. The van der Waals surface area contributed by atoms with E-state index in [0.717, 1.165) is 37.4 Å². The summed E-state index contributed by atoms with van der Waals surface area (Å²) in [5.41, 5.74) is 1.15. The van der Waals surface area contributed by atoms with E-state index < -0.39 is 0 Å². The Labute approximate surface area is 121 Å². The minimum atomic E-state index is 0.312. The van der Waals surface area contributed by atoms with Crippen LogP contribution in [0.3, 0.4) is 0 Å². The Hall–Kier alpha value is -0.770. The second-order valence-corrected chi connectivity index (χ2v) is 5.21. The Morgan fingerprint density at radius 3 is 2.74 bits per heavy atom. The maximum Gasteiger partial charge on any atom is 0.138 e. The van der Waals surface area contributed by atoms with Crippen molar-refractivity contribution in [1.29, 1.82) is 0 Å². The first-order valence-corrected chi connectivity index (χ1v) is 7.18. The van der Waals surface area contributed by atoms with E-state index in [1.165, 1.54) is 0 Å². The van der Waals surface area contributed by atoms with Crippen molar-refractivity contribution in [3.05, 3.63) is 28.8 Å². The zero-order valence-corrected chi connectivity index (χ0v) is 12.8. The van der Waals surface area contributed by atoms with Gasteiger partial charge in [0.1, 0.15) is 12.4 Å². The van der Waals surface area contributed by atoms with Gasteiger partial charge in [-0.3, -0.25) is 0 Å². The van der Waals surface area contributed by atoms with Gasteiger partial charge in [0.25, 0.3) is 0 Å². The highest BCUT2D eigenvalue weighted by atomic mass is 35.5. The molecule has 0 unspecified atom stereocenters. The fraction of sp³-hybridized carbons (Fsp3) is 0.600. The van der Waals surface area contributed by atoms with Crippen molar-refractivity contribution in [2.45, 2.75) is 33.3 Å². The third-order valence-corrected chi connectivity index (χ3v) is 2.88. The highest BCUT2D eigenvalue weighted by molar-refractivity contribution is 6.32. The van der Waals surface area contributed by atoms with Gasteiger partial charge < -0.3 is 14.8 Å². The van der Waals surface area contributed by atoms with E-state index >= 15 is 0 Å². The zero-order chi connectivity index (χ0) is 14.1. The number of rotatable bonds is 9. The molecule has 0 saturated carbocycles. The largest absolute Gasteiger partial charge is 0.491 e. The van der Waals surface area contributed by atoms with Gasteiger partial charge in [0, 0.05) is 13.2 Å². The number of halogens is 1. The van der Waals surface area contributed by atoms with Crippen molar-refractivity contribution in [2.75, 3.05) is 26.3 Å². The molecule has 0 atom stereocenters. The Bertz CT molecular complexity index is 369. The first kappa shape index (κ1) is 16.3. The summed E-state index contributed by atoms with van der Waals surface area (Å²) in [6.45, 7) is 9.29. The predicted molar refractivity (Wildman–Crippen MR) is 80.3 cm³/mol. The van der Waals surface area contributed by atoms with Crippen LogP contribution in [0.5, 0.6) is 5.75 Å². The number of aryl methyl sites for hydroxylation is 1. The van der Waals surface area contributed by atoms with Crippen molar-refractivity contribution in [3.8, 4) is 5.75 Å². The standard InChI is InChI=1S/C15H24ClNO2/c1-12(2)18-9-4-7-17-8-10-19-15-11-13(3)5-6-14(15)16/h5-6,11-12,17H,4,7-10H2,1-3H3. The smallest absolute Gasteiger partial charge is 0.138 e. The van der Waals surface area contributed by atoms with Crippen LogP contribution in [-0.4, -0.2) is 32.4 Å². The first-order valence-electron chi connectivity index (χ1n) is 6.81. The van der Waals surface area contributed by atoms with Crippen molar-refractivity contribution < 1.29 is 9.47 Å².